The van der Waals surface area contributed by atoms with Crippen molar-refractivity contribution in [3.8, 4) is 0 Å². The number of rotatable bonds is 10. The number of carbonyl (C=O) groups excluding carboxylic acids is 1. The molecule has 6 nitrogen and oxygen atoms in total. The summed E-state index contributed by atoms with van der Waals surface area (Å²) in [7, 11) is 2.04. The first-order valence-electron chi connectivity index (χ1n) is 9.08. The highest BCUT2D eigenvalue weighted by atomic mass is 16.2. The quantitative estimate of drug-likeness (QED) is 0.651. The van der Waals surface area contributed by atoms with Crippen LogP contribution in [-0.2, 0) is 13.5 Å². The average molecular weight is 321 g/mol. The normalized spacial score (nSPS) is 14.3. The summed E-state index contributed by atoms with van der Waals surface area (Å²) in [5.74, 6) is 2.76. The molecule has 0 saturated heterocycles. The van der Waals surface area contributed by atoms with Gasteiger partial charge < -0.3 is 15.2 Å². The first kappa shape index (κ1) is 17.8. The minimum atomic E-state index is -0.0477. The van der Waals surface area contributed by atoms with Crippen LogP contribution in [0.4, 0.5) is 4.79 Å². The highest BCUT2D eigenvalue weighted by Crippen LogP contribution is 2.38. The van der Waals surface area contributed by atoms with E-state index < -0.39 is 0 Å². The van der Waals surface area contributed by atoms with Crippen LogP contribution >= 0.6 is 0 Å². The number of carbonyl (C=O) groups is 1. The Hall–Kier alpha value is -1.59. The van der Waals surface area contributed by atoms with Crippen LogP contribution in [0.3, 0.4) is 0 Å². The molecule has 0 bridgehead atoms. The van der Waals surface area contributed by atoms with Gasteiger partial charge in [0.15, 0.2) is 0 Å². The highest BCUT2D eigenvalue weighted by molar-refractivity contribution is 5.74. The summed E-state index contributed by atoms with van der Waals surface area (Å²) < 4.78 is 2.12. The van der Waals surface area contributed by atoms with Gasteiger partial charge in [-0.05, 0) is 32.1 Å². The highest BCUT2D eigenvalue weighted by Gasteiger charge is 2.28. The van der Waals surface area contributed by atoms with Crippen molar-refractivity contribution in [2.24, 2.45) is 7.05 Å². The van der Waals surface area contributed by atoms with E-state index in [1.807, 2.05) is 7.05 Å². The molecule has 2 amide bonds. The molecule has 1 aliphatic rings. The van der Waals surface area contributed by atoms with Gasteiger partial charge in [-0.15, -0.1) is 10.2 Å². The van der Waals surface area contributed by atoms with Crippen molar-refractivity contribution in [3.05, 3.63) is 11.6 Å². The van der Waals surface area contributed by atoms with Crippen molar-refractivity contribution in [1.29, 1.82) is 0 Å². The average Bonchev–Trinajstić information content (AvgIpc) is 3.29. The van der Waals surface area contributed by atoms with Crippen molar-refractivity contribution in [3.63, 3.8) is 0 Å². The molecule has 6 heteroatoms. The smallest absolute Gasteiger partial charge is 0.315 e. The molecule has 23 heavy (non-hydrogen) atoms. The van der Waals surface area contributed by atoms with E-state index in [-0.39, 0.29) is 6.03 Å². The second-order valence-corrected chi connectivity index (χ2v) is 6.59. The van der Waals surface area contributed by atoms with Crippen LogP contribution in [-0.4, -0.2) is 33.4 Å². The van der Waals surface area contributed by atoms with Gasteiger partial charge in [0.05, 0.1) is 0 Å². The maximum atomic E-state index is 11.9. The molecule has 1 aromatic heterocycles. The molecule has 1 heterocycles. The van der Waals surface area contributed by atoms with Gasteiger partial charge in [-0.2, -0.15) is 0 Å². The van der Waals surface area contributed by atoms with Crippen molar-refractivity contribution < 1.29 is 4.79 Å². The van der Waals surface area contributed by atoms with Crippen LogP contribution in [0.5, 0.6) is 0 Å². The summed E-state index contributed by atoms with van der Waals surface area (Å²) in [6, 6.07) is 0.248. The lowest BCUT2D eigenvalue weighted by atomic mass is 10.1. The van der Waals surface area contributed by atoms with Gasteiger partial charge >= 0.3 is 6.03 Å². The Morgan fingerprint density at radius 2 is 1.96 bits per heavy atom. The second-order valence-electron chi connectivity index (χ2n) is 6.59. The molecule has 0 unspecified atom stereocenters. The number of amides is 2. The summed E-state index contributed by atoms with van der Waals surface area (Å²) >= 11 is 0. The minimum Gasteiger partial charge on any atom is -0.338 e. The van der Waals surface area contributed by atoms with Crippen LogP contribution in [0.2, 0.25) is 0 Å². The summed E-state index contributed by atoms with van der Waals surface area (Å²) in [4.78, 5) is 11.9. The van der Waals surface area contributed by atoms with E-state index in [2.05, 4.69) is 39.2 Å². The van der Waals surface area contributed by atoms with E-state index >= 15 is 0 Å². The van der Waals surface area contributed by atoms with E-state index in [0.717, 1.165) is 50.2 Å². The number of urea groups is 1. The van der Waals surface area contributed by atoms with Crippen molar-refractivity contribution in [2.75, 3.05) is 6.54 Å². The SMILES string of the molecule is CCCC(CCC)NC(=O)NCCCc1nnc(C2CC2)n1C. The third-order valence-electron chi connectivity index (χ3n) is 4.41. The maximum Gasteiger partial charge on any atom is 0.315 e. The van der Waals surface area contributed by atoms with Gasteiger partial charge in [-0.25, -0.2) is 4.79 Å². The Labute approximate surface area is 139 Å². The van der Waals surface area contributed by atoms with Crippen LogP contribution < -0.4 is 10.6 Å². The molecule has 0 atom stereocenters. The maximum absolute atomic E-state index is 11.9. The number of nitrogens with zero attached hydrogens (tertiary/aromatic N) is 3. The molecule has 1 aliphatic carbocycles. The van der Waals surface area contributed by atoms with Gasteiger partial charge in [0.2, 0.25) is 0 Å². The molecule has 1 fully saturated rings. The predicted octanol–water partition coefficient (Wildman–Crippen LogP) is 2.89. The van der Waals surface area contributed by atoms with E-state index in [4.69, 9.17) is 0 Å². The first-order valence-corrected chi connectivity index (χ1v) is 9.08. The number of aryl methyl sites for hydroxylation is 1. The zero-order chi connectivity index (χ0) is 16.7. The lowest BCUT2D eigenvalue weighted by Crippen LogP contribution is -2.42. The van der Waals surface area contributed by atoms with Gasteiger partial charge in [0, 0.05) is 32.0 Å². The largest absolute Gasteiger partial charge is 0.338 e. The molecule has 1 aromatic rings. The third-order valence-corrected chi connectivity index (χ3v) is 4.41. The molecule has 0 aliphatic heterocycles. The van der Waals surface area contributed by atoms with Crippen LogP contribution in [0, 0.1) is 0 Å². The van der Waals surface area contributed by atoms with Gasteiger partial charge in [-0.3, -0.25) is 0 Å². The van der Waals surface area contributed by atoms with E-state index in [9.17, 15) is 4.79 Å². The van der Waals surface area contributed by atoms with Crippen LogP contribution in [0.1, 0.15) is 76.4 Å². The molecule has 1 saturated carbocycles. The summed E-state index contributed by atoms with van der Waals surface area (Å²) in [6.07, 6.45) is 8.50. The lowest BCUT2D eigenvalue weighted by molar-refractivity contribution is 0.235. The standard InChI is InChI=1S/C17H31N5O/c1-4-7-14(8-5-2)19-17(23)18-12-6-9-15-20-21-16(22(15)3)13-10-11-13/h13-14H,4-12H2,1-3H3,(H2,18,19,23). The Morgan fingerprint density at radius 3 is 2.57 bits per heavy atom. The van der Waals surface area contributed by atoms with E-state index in [1.54, 1.807) is 0 Å². The number of hydrogen-bond acceptors (Lipinski definition) is 3. The molecule has 2 N–H and O–H groups in total. The molecule has 130 valence electrons. The molecule has 0 radical (unpaired) electrons. The van der Waals surface area contributed by atoms with E-state index in [0.29, 0.717) is 18.5 Å². The molecular formula is C17H31N5O. The summed E-state index contributed by atoms with van der Waals surface area (Å²) in [5.41, 5.74) is 0. The first-order chi connectivity index (χ1) is 11.2. The van der Waals surface area contributed by atoms with Crippen molar-refractivity contribution in [1.82, 2.24) is 25.4 Å². The Balaban J connectivity index is 1.65. The number of nitrogens with one attached hydrogen (secondary N) is 2. The molecular weight excluding hydrogens is 290 g/mol. The zero-order valence-electron chi connectivity index (χ0n) is 14.8. The third kappa shape index (κ3) is 5.52. The van der Waals surface area contributed by atoms with Gasteiger partial charge in [-0.1, -0.05) is 26.7 Å². The summed E-state index contributed by atoms with van der Waals surface area (Å²) in [5, 5.41) is 14.6. The van der Waals surface area contributed by atoms with E-state index in [1.165, 1.54) is 12.8 Å². The summed E-state index contributed by atoms with van der Waals surface area (Å²) in [6.45, 7) is 4.97. The Morgan fingerprint density at radius 1 is 1.26 bits per heavy atom. The lowest BCUT2D eigenvalue weighted by Gasteiger charge is -2.17. The zero-order valence-corrected chi connectivity index (χ0v) is 14.8. The fourth-order valence-electron chi connectivity index (χ4n) is 2.96. The fourth-order valence-corrected chi connectivity index (χ4v) is 2.96. The minimum absolute atomic E-state index is 0.0477. The molecule has 0 spiro atoms. The van der Waals surface area contributed by atoms with Gasteiger partial charge in [0.1, 0.15) is 11.6 Å². The topological polar surface area (TPSA) is 71.8 Å². The van der Waals surface area contributed by atoms with Crippen molar-refractivity contribution >= 4 is 6.03 Å². The second kappa shape index (κ2) is 8.89. The van der Waals surface area contributed by atoms with Crippen molar-refractivity contribution in [2.45, 2.75) is 77.2 Å². The number of hydrogen-bond donors (Lipinski definition) is 2. The Kier molecular flexibility index (Phi) is 6.86. The monoisotopic (exact) mass is 321 g/mol. The van der Waals surface area contributed by atoms with Gasteiger partial charge in [0.25, 0.3) is 0 Å². The number of aromatic nitrogens is 3. The predicted molar refractivity (Wildman–Crippen MR) is 91.4 cm³/mol. The molecule has 0 aromatic carbocycles. The van der Waals surface area contributed by atoms with Crippen LogP contribution in [0.15, 0.2) is 0 Å². The molecule has 2 rings (SSSR count). The Bertz CT molecular complexity index is 489. The fraction of sp³-hybridized carbons (Fsp3) is 0.824. The van der Waals surface area contributed by atoms with Crippen LogP contribution in [0.25, 0.3) is 0 Å².